The first-order chi connectivity index (χ1) is 6.77. The predicted octanol–water partition coefficient (Wildman–Crippen LogP) is 2.90. The molecule has 3 nitrogen and oxygen atoms in total. The molecular formula is C11H8O3. The molecule has 3 heteroatoms. The van der Waals surface area contributed by atoms with Gasteiger partial charge in [-0.2, -0.15) is 0 Å². The molecule has 0 unspecified atom stereocenters. The van der Waals surface area contributed by atoms with Crippen LogP contribution in [0.1, 0.15) is 0 Å². The Morgan fingerprint density at radius 2 is 1.79 bits per heavy atom. The molecule has 0 saturated heterocycles. The van der Waals surface area contributed by atoms with Gasteiger partial charge in [0.15, 0.2) is 0 Å². The summed E-state index contributed by atoms with van der Waals surface area (Å²) in [5, 5.41) is 10.3. The second kappa shape index (κ2) is 3.38. The van der Waals surface area contributed by atoms with Crippen LogP contribution in [0.3, 0.4) is 0 Å². The van der Waals surface area contributed by atoms with Crippen LogP contribution in [0.5, 0.6) is 5.75 Å². The van der Waals surface area contributed by atoms with Crippen LogP contribution in [0, 0.1) is 0 Å². The second-order valence-corrected chi connectivity index (χ2v) is 2.85. The molecule has 0 fully saturated rings. The molecule has 2 aromatic rings. The summed E-state index contributed by atoms with van der Waals surface area (Å²) >= 11 is 0. The van der Waals surface area contributed by atoms with Gasteiger partial charge in [-0.1, -0.05) is 36.4 Å². The molecule has 0 aliphatic rings. The third-order valence-corrected chi connectivity index (χ3v) is 1.95. The monoisotopic (exact) mass is 188 g/mol. The summed E-state index contributed by atoms with van der Waals surface area (Å²) in [4.78, 5) is 10.4. The van der Waals surface area contributed by atoms with E-state index in [4.69, 9.17) is 5.11 Å². The van der Waals surface area contributed by atoms with Gasteiger partial charge in [-0.3, -0.25) is 0 Å². The molecule has 70 valence electrons. The molecule has 0 aliphatic carbocycles. The van der Waals surface area contributed by atoms with E-state index in [9.17, 15) is 4.79 Å². The van der Waals surface area contributed by atoms with Crippen LogP contribution in [0.2, 0.25) is 0 Å². The maximum Gasteiger partial charge on any atom is 0.511 e. The Morgan fingerprint density at radius 3 is 2.57 bits per heavy atom. The standard InChI is InChI=1S/C11H8O3/c12-11(13)14-10-7-3-5-8-4-1-2-6-9(8)10/h1-7H,(H,12,13). The summed E-state index contributed by atoms with van der Waals surface area (Å²) in [5.41, 5.74) is 0. The lowest BCUT2D eigenvalue weighted by molar-refractivity contribution is 0.145. The Labute approximate surface area is 80.5 Å². The van der Waals surface area contributed by atoms with Crippen molar-refractivity contribution in [3.8, 4) is 5.75 Å². The predicted molar refractivity (Wildman–Crippen MR) is 52.6 cm³/mol. The number of benzene rings is 2. The van der Waals surface area contributed by atoms with Crippen LogP contribution in [-0.2, 0) is 0 Å². The van der Waals surface area contributed by atoms with Crippen molar-refractivity contribution in [1.82, 2.24) is 0 Å². The van der Waals surface area contributed by atoms with Gasteiger partial charge in [0.25, 0.3) is 0 Å². The number of fused-ring (bicyclic) bond motifs is 1. The van der Waals surface area contributed by atoms with E-state index in [1.54, 1.807) is 12.1 Å². The molecule has 0 heterocycles. The number of carboxylic acid groups (broad SMARTS) is 1. The van der Waals surface area contributed by atoms with E-state index >= 15 is 0 Å². The highest BCUT2D eigenvalue weighted by Crippen LogP contribution is 2.24. The van der Waals surface area contributed by atoms with E-state index in [-0.39, 0.29) is 0 Å². The number of hydrogen-bond donors (Lipinski definition) is 1. The molecule has 14 heavy (non-hydrogen) atoms. The van der Waals surface area contributed by atoms with Crippen molar-refractivity contribution in [3.05, 3.63) is 42.5 Å². The number of ether oxygens (including phenoxy) is 1. The van der Waals surface area contributed by atoms with Crippen LogP contribution in [0.15, 0.2) is 42.5 Å². The van der Waals surface area contributed by atoms with Crippen molar-refractivity contribution < 1.29 is 14.6 Å². The zero-order valence-electron chi connectivity index (χ0n) is 7.31. The SMILES string of the molecule is O=C(O)Oc1cccc2ccccc12. The second-order valence-electron chi connectivity index (χ2n) is 2.85. The zero-order valence-corrected chi connectivity index (χ0v) is 7.31. The third-order valence-electron chi connectivity index (χ3n) is 1.95. The fourth-order valence-corrected chi connectivity index (χ4v) is 1.38. The van der Waals surface area contributed by atoms with Crippen molar-refractivity contribution in [1.29, 1.82) is 0 Å². The molecule has 1 N–H and O–H groups in total. The summed E-state index contributed by atoms with van der Waals surface area (Å²) in [6, 6.07) is 12.8. The molecule has 0 radical (unpaired) electrons. The van der Waals surface area contributed by atoms with Gasteiger partial charge >= 0.3 is 6.16 Å². The van der Waals surface area contributed by atoms with E-state index in [0.29, 0.717) is 5.75 Å². The van der Waals surface area contributed by atoms with Crippen LogP contribution in [-0.4, -0.2) is 11.3 Å². The van der Waals surface area contributed by atoms with E-state index in [0.717, 1.165) is 10.8 Å². The summed E-state index contributed by atoms with van der Waals surface area (Å²) in [5.74, 6) is 0.371. The third kappa shape index (κ3) is 1.52. The van der Waals surface area contributed by atoms with E-state index in [1.807, 2.05) is 30.3 Å². The van der Waals surface area contributed by atoms with Crippen molar-refractivity contribution in [3.63, 3.8) is 0 Å². The Hall–Kier alpha value is -2.03. The van der Waals surface area contributed by atoms with Crippen LogP contribution in [0.4, 0.5) is 4.79 Å². The average molecular weight is 188 g/mol. The van der Waals surface area contributed by atoms with Crippen LogP contribution < -0.4 is 4.74 Å². The van der Waals surface area contributed by atoms with Crippen molar-refractivity contribution in [2.45, 2.75) is 0 Å². The molecule has 0 saturated carbocycles. The Balaban J connectivity index is 2.59. The van der Waals surface area contributed by atoms with Gasteiger partial charge in [0, 0.05) is 5.39 Å². The van der Waals surface area contributed by atoms with Crippen molar-refractivity contribution in [2.24, 2.45) is 0 Å². The lowest BCUT2D eigenvalue weighted by Gasteiger charge is -2.03. The molecule has 0 amide bonds. The summed E-state index contributed by atoms with van der Waals surface area (Å²) in [6.45, 7) is 0. The first-order valence-electron chi connectivity index (χ1n) is 4.16. The number of hydrogen-bond acceptors (Lipinski definition) is 2. The molecule has 2 aromatic carbocycles. The molecule has 0 bridgehead atoms. The Morgan fingerprint density at radius 1 is 1.07 bits per heavy atom. The summed E-state index contributed by atoms with van der Waals surface area (Å²) < 4.78 is 4.64. The maximum absolute atomic E-state index is 10.4. The zero-order chi connectivity index (χ0) is 9.97. The highest BCUT2D eigenvalue weighted by Gasteiger charge is 2.04. The fourth-order valence-electron chi connectivity index (χ4n) is 1.38. The molecule has 2 rings (SSSR count). The quantitative estimate of drug-likeness (QED) is 0.552. The summed E-state index contributed by atoms with van der Waals surface area (Å²) in [6.07, 6.45) is -1.29. The lowest BCUT2D eigenvalue weighted by atomic mass is 10.1. The van der Waals surface area contributed by atoms with E-state index in [2.05, 4.69) is 4.74 Å². The van der Waals surface area contributed by atoms with Gasteiger partial charge in [-0.05, 0) is 11.5 Å². The van der Waals surface area contributed by atoms with Gasteiger partial charge in [-0.15, -0.1) is 0 Å². The molecular weight excluding hydrogens is 180 g/mol. The van der Waals surface area contributed by atoms with Crippen molar-refractivity contribution in [2.75, 3.05) is 0 Å². The smallest absolute Gasteiger partial charge is 0.449 e. The molecule has 0 aliphatic heterocycles. The maximum atomic E-state index is 10.4. The van der Waals surface area contributed by atoms with Crippen LogP contribution >= 0.6 is 0 Å². The highest BCUT2D eigenvalue weighted by atomic mass is 16.7. The van der Waals surface area contributed by atoms with Gasteiger partial charge in [0.05, 0.1) is 0 Å². The molecule has 0 atom stereocenters. The van der Waals surface area contributed by atoms with Gasteiger partial charge < -0.3 is 9.84 Å². The minimum absolute atomic E-state index is 0.371. The minimum atomic E-state index is -1.29. The molecule has 0 aromatic heterocycles. The normalized spacial score (nSPS) is 10.0. The van der Waals surface area contributed by atoms with Gasteiger partial charge in [-0.25, -0.2) is 4.79 Å². The minimum Gasteiger partial charge on any atom is -0.449 e. The largest absolute Gasteiger partial charge is 0.511 e. The Bertz CT molecular complexity index is 471. The van der Waals surface area contributed by atoms with E-state index < -0.39 is 6.16 Å². The van der Waals surface area contributed by atoms with E-state index in [1.165, 1.54) is 0 Å². The summed E-state index contributed by atoms with van der Waals surface area (Å²) in [7, 11) is 0. The average Bonchev–Trinajstić information content (AvgIpc) is 2.18. The number of rotatable bonds is 1. The first-order valence-corrected chi connectivity index (χ1v) is 4.16. The lowest BCUT2D eigenvalue weighted by Crippen LogP contribution is -2.03. The topological polar surface area (TPSA) is 46.5 Å². The highest BCUT2D eigenvalue weighted by molar-refractivity contribution is 5.89. The first kappa shape index (κ1) is 8.56. The molecule has 0 spiro atoms. The number of carbonyl (C=O) groups is 1. The Kier molecular flexibility index (Phi) is 2.07. The van der Waals surface area contributed by atoms with Crippen molar-refractivity contribution >= 4 is 16.9 Å². The van der Waals surface area contributed by atoms with Gasteiger partial charge in [0.2, 0.25) is 0 Å². The fraction of sp³-hybridized carbons (Fsp3) is 0. The van der Waals surface area contributed by atoms with Crippen LogP contribution in [0.25, 0.3) is 10.8 Å². The van der Waals surface area contributed by atoms with Gasteiger partial charge in [0.1, 0.15) is 5.75 Å².